The summed E-state index contributed by atoms with van der Waals surface area (Å²) in [5, 5.41) is 0. The molecule has 21 heavy (non-hydrogen) atoms. The summed E-state index contributed by atoms with van der Waals surface area (Å²) < 4.78 is 152. The second kappa shape index (κ2) is 4.43. The summed E-state index contributed by atoms with van der Waals surface area (Å²) in [4.78, 5) is 0. The molecule has 1 atom stereocenters. The SMILES string of the molecule is FC1=CC(F)(F)C(F)(F)C1(F)OC(C(F)(F)F)C(F)(F)F. The van der Waals surface area contributed by atoms with Crippen LogP contribution in [0.1, 0.15) is 0 Å². The average molecular weight is 342 g/mol. The number of allylic oxidation sites excluding steroid dienone is 1. The monoisotopic (exact) mass is 342 g/mol. The molecule has 0 aromatic heterocycles. The largest absolute Gasteiger partial charge is 0.423 e. The van der Waals surface area contributed by atoms with Gasteiger partial charge in [-0.25, -0.2) is 4.39 Å². The van der Waals surface area contributed by atoms with Crippen molar-refractivity contribution in [1.82, 2.24) is 0 Å². The van der Waals surface area contributed by atoms with Crippen LogP contribution >= 0.6 is 0 Å². The molecule has 0 aromatic carbocycles. The minimum Gasteiger partial charge on any atom is -0.313 e. The van der Waals surface area contributed by atoms with E-state index < -0.39 is 48.1 Å². The quantitative estimate of drug-likeness (QED) is 0.680. The fourth-order valence-corrected chi connectivity index (χ4v) is 1.32. The van der Waals surface area contributed by atoms with Crippen molar-refractivity contribution in [3.8, 4) is 0 Å². The minimum absolute atomic E-state index is 1.45. The second-order valence-electron chi connectivity index (χ2n) is 3.87. The van der Waals surface area contributed by atoms with E-state index in [2.05, 4.69) is 4.74 Å². The van der Waals surface area contributed by atoms with E-state index in [1.165, 1.54) is 0 Å². The van der Waals surface area contributed by atoms with Gasteiger partial charge in [0.2, 0.25) is 0 Å². The van der Waals surface area contributed by atoms with Crippen LogP contribution in [0.3, 0.4) is 0 Å². The van der Waals surface area contributed by atoms with E-state index in [-0.39, 0.29) is 0 Å². The van der Waals surface area contributed by atoms with Crippen molar-refractivity contribution in [3.63, 3.8) is 0 Å². The van der Waals surface area contributed by atoms with Crippen molar-refractivity contribution >= 4 is 0 Å². The van der Waals surface area contributed by atoms with Gasteiger partial charge in [0.1, 0.15) is 0 Å². The molecule has 1 rings (SSSR count). The molecule has 0 saturated carbocycles. The van der Waals surface area contributed by atoms with Crippen LogP contribution in [0, 0.1) is 0 Å². The van der Waals surface area contributed by atoms with Crippen molar-refractivity contribution in [1.29, 1.82) is 0 Å². The van der Waals surface area contributed by atoms with E-state index in [1.54, 1.807) is 0 Å². The first-order valence-electron chi connectivity index (χ1n) is 4.61. The van der Waals surface area contributed by atoms with Crippen LogP contribution in [0.2, 0.25) is 0 Å². The molecule has 0 heterocycles. The Morgan fingerprint density at radius 2 is 1.24 bits per heavy atom. The Labute approximate surface area is 107 Å². The summed E-state index contributed by atoms with van der Waals surface area (Å²) in [7, 11) is 0. The highest BCUT2D eigenvalue weighted by Crippen LogP contribution is 2.57. The highest BCUT2D eigenvalue weighted by Gasteiger charge is 2.80. The topological polar surface area (TPSA) is 9.23 Å². The summed E-state index contributed by atoms with van der Waals surface area (Å²) >= 11 is 0. The third kappa shape index (κ3) is 2.66. The smallest absolute Gasteiger partial charge is 0.313 e. The molecule has 1 nitrogen and oxygen atoms in total. The van der Waals surface area contributed by atoms with E-state index in [0.717, 1.165) is 0 Å². The van der Waals surface area contributed by atoms with Gasteiger partial charge in [0.15, 0.2) is 5.83 Å². The number of alkyl halides is 11. The van der Waals surface area contributed by atoms with Crippen LogP contribution in [0.4, 0.5) is 52.7 Å². The lowest BCUT2D eigenvalue weighted by Gasteiger charge is -2.34. The zero-order valence-corrected chi connectivity index (χ0v) is 9.10. The van der Waals surface area contributed by atoms with E-state index in [0.29, 0.717) is 0 Å². The number of halogens is 12. The predicted molar refractivity (Wildman–Crippen MR) is 39.9 cm³/mol. The zero-order valence-electron chi connectivity index (χ0n) is 9.10. The lowest BCUT2D eigenvalue weighted by atomic mass is 10.1. The molecule has 13 heteroatoms. The summed E-state index contributed by atoms with van der Waals surface area (Å²) in [6.07, 6.45) is -19.7. The van der Waals surface area contributed by atoms with Crippen molar-refractivity contribution in [3.05, 3.63) is 11.9 Å². The molecule has 0 bridgehead atoms. The van der Waals surface area contributed by atoms with Gasteiger partial charge in [-0.15, -0.1) is 0 Å². The number of rotatable bonds is 2. The van der Waals surface area contributed by atoms with Crippen LogP contribution in [0.5, 0.6) is 0 Å². The highest BCUT2D eigenvalue weighted by atomic mass is 19.4. The molecule has 1 unspecified atom stereocenters. The lowest BCUT2D eigenvalue weighted by molar-refractivity contribution is -0.396. The molecule has 0 fully saturated rings. The third-order valence-electron chi connectivity index (χ3n) is 2.31. The molecule has 0 aromatic rings. The Hall–Kier alpha value is -1.14. The van der Waals surface area contributed by atoms with E-state index in [9.17, 15) is 52.7 Å². The molecule has 0 amide bonds. The van der Waals surface area contributed by atoms with Gasteiger partial charge in [-0.05, 0) is 0 Å². The Kier molecular flexibility index (Phi) is 3.78. The van der Waals surface area contributed by atoms with Crippen molar-refractivity contribution < 1.29 is 57.4 Å². The van der Waals surface area contributed by atoms with Gasteiger partial charge in [-0.1, -0.05) is 0 Å². The van der Waals surface area contributed by atoms with Crippen LogP contribution in [-0.4, -0.2) is 36.2 Å². The van der Waals surface area contributed by atoms with Crippen molar-refractivity contribution in [2.24, 2.45) is 0 Å². The molecule has 0 radical (unpaired) electrons. The van der Waals surface area contributed by atoms with Gasteiger partial charge in [-0.3, -0.25) is 0 Å². The number of hydrogen-bond donors (Lipinski definition) is 0. The zero-order chi connectivity index (χ0) is 17.1. The molecular formula is C8H2F12O. The Balaban J connectivity index is 3.30. The van der Waals surface area contributed by atoms with E-state index in [4.69, 9.17) is 0 Å². The summed E-state index contributed by atoms with van der Waals surface area (Å²) in [6.45, 7) is 0. The van der Waals surface area contributed by atoms with Gasteiger partial charge >= 0.3 is 30.1 Å². The molecule has 1 aliphatic carbocycles. The minimum atomic E-state index is -6.49. The van der Waals surface area contributed by atoms with Gasteiger partial charge in [0.05, 0.1) is 0 Å². The van der Waals surface area contributed by atoms with Crippen LogP contribution in [-0.2, 0) is 4.74 Å². The molecule has 124 valence electrons. The maximum Gasteiger partial charge on any atom is 0.423 e. The van der Waals surface area contributed by atoms with Crippen molar-refractivity contribution in [2.75, 3.05) is 0 Å². The lowest BCUT2D eigenvalue weighted by Crippen LogP contribution is -2.58. The molecule has 0 aliphatic heterocycles. The van der Waals surface area contributed by atoms with Crippen molar-refractivity contribution in [2.45, 2.75) is 36.2 Å². The van der Waals surface area contributed by atoms with Crippen LogP contribution in [0.25, 0.3) is 0 Å². The third-order valence-corrected chi connectivity index (χ3v) is 2.31. The molecule has 0 spiro atoms. The van der Waals surface area contributed by atoms with Crippen LogP contribution in [0.15, 0.2) is 11.9 Å². The van der Waals surface area contributed by atoms with Crippen LogP contribution < -0.4 is 0 Å². The molecule has 0 N–H and O–H groups in total. The standard InChI is InChI=1S/C8H2F12O/c9-2-1-4(10,11)8(19,20)5(2,12)21-3(6(13,14)15)7(16,17)18/h1,3H. The predicted octanol–water partition coefficient (Wildman–Crippen LogP) is 4.30. The highest BCUT2D eigenvalue weighted by molar-refractivity contribution is 5.28. The Morgan fingerprint density at radius 3 is 1.48 bits per heavy atom. The fraction of sp³-hybridized carbons (Fsp3) is 0.750. The first-order valence-corrected chi connectivity index (χ1v) is 4.61. The summed E-state index contributed by atoms with van der Waals surface area (Å²) in [5.41, 5.74) is 0. The first kappa shape index (κ1) is 17.9. The first-order chi connectivity index (χ1) is 8.97. The van der Waals surface area contributed by atoms with Gasteiger partial charge in [0.25, 0.3) is 6.10 Å². The van der Waals surface area contributed by atoms with E-state index >= 15 is 0 Å². The van der Waals surface area contributed by atoms with Gasteiger partial charge in [0, 0.05) is 6.08 Å². The Morgan fingerprint density at radius 1 is 0.857 bits per heavy atom. The van der Waals surface area contributed by atoms with E-state index in [1.807, 2.05) is 0 Å². The molecule has 1 aliphatic rings. The molecular weight excluding hydrogens is 340 g/mol. The molecule has 0 saturated heterocycles. The number of hydrogen-bond acceptors (Lipinski definition) is 1. The summed E-state index contributed by atoms with van der Waals surface area (Å²) in [6, 6.07) is 0. The normalized spacial score (nSPS) is 28.9. The van der Waals surface area contributed by atoms with Gasteiger partial charge in [-0.2, -0.15) is 48.3 Å². The summed E-state index contributed by atoms with van der Waals surface area (Å²) in [5.74, 6) is -21.2. The Bertz CT molecular complexity index is 431. The average Bonchev–Trinajstić information content (AvgIpc) is 2.30. The maximum atomic E-state index is 13.4. The maximum absolute atomic E-state index is 13.4. The second-order valence-corrected chi connectivity index (χ2v) is 3.87. The van der Waals surface area contributed by atoms with Gasteiger partial charge < -0.3 is 4.74 Å². The fourth-order valence-electron chi connectivity index (χ4n) is 1.32. The number of ether oxygens (including phenoxy) is 1.